The molecule has 0 spiro atoms. The van der Waals surface area contributed by atoms with Crippen LogP contribution < -0.4 is 16.4 Å². The third-order valence-electron chi connectivity index (χ3n) is 6.99. The maximum absolute atomic E-state index is 13.4. The second-order valence-electron chi connectivity index (χ2n) is 11.0. The molecule has 41 heavy (non-hydrogen) atoms. The highest BCUT2D eigenvalue weighted by Gasteiger charge is 2.40. The molecule has 4 rings (SSSR count). The van der Waals surface area contributed by atoms with E-state index in [4.69, 9.17) is 5.73 Å². The number of amides is 2. The zero-order chi connectivity index (χ0) is 29.6. The summed E-state index contributed by atoms with van der Waals surface area (Å²) in [7, 11) is 0. The molecule has 2 atom stereocenters. The zero-order valence-electron chi connectivity index (χ0n) is 23.1. The lowest BCUT2D eigenvalue weighted by atomic mass is 9.87. The first-order valence-corrected chi connectivity index (χ1v) is 13.5. The quantitative estimate of drug-likeness (QED) is 0.246. The van der Waals surface area contributed by atoms with E-state index in [2.05, 4.69) is 20.3 Å². The summed E-state index contributed by atoms with van der Waals surface area (Å²) >= 11 is 0. The Bertz CT molecular complexity index is 1330. The maximum Gasteiger partial charge on any atom is 0.387 e. The molecule has 1 saturated heterocycles. The van der Waals surface area contributed by atoms with Crippen LogP contribution in [0.4, 0.5) is 20.2 Å². The topological polar surface area (TPSA) is 117 Å². The number of nitrogens with zero attached hydrogens (tertiary/aromatic N) is 1. The number of nitrogens with two attached hydrogens (primary N) is 1. The van der Waals surface area contributed by atoms with Crippen molar-refractivity contribution in [2.75, 3.05) is 30.7 Å². The fourth-order valence-electron chi connectivity index (χ4n) is 5.16. The minimum atomic E-state index is -2.88. The number of alkyl halides is 2. The van der Waals surface area contributed by atoms with Crippen molar-refractivity contribution in [3.05, 3.63) is 89.3 Å². The molecule has 2 unspecified atom stereocenters. The molecule has 5 N–H and O–H groups in total. The van der Waals surface area contributed by atoms with E-state index in [1.165, 1.54) is 12.2 Å². The Morgan fingerprint density at radius 2 is 1.83 bits per heavy atom. The van der Waals surface area contributed by atoms with E-state index in [0.29, 0.717) is 43.1 Å². The molecule has 1 aliphatic carbocycles. The van der Waals surface area contributed by atoms with Gasteiger partial charge in [-0.15, -0.1) is 0 Å². The van der Waals surface area contributed by atoms with Gasteiger partial charge in [-0.1, -0.05) is 36.4 Å². The van der Waals surface area contributed by atoms with Crippen molar-refractivity contribution in [2.24, 2.45) is 5.92 Å². The standard InChI is InChI=1S/C31H36F2N4O4/c1-31(2,40)19-37-17-24(25(18-37)29(39)35-22-12-14-23(15-13-22)41-30(32)33)21-10-7-20(8-11-21)9-16-28(38)36-27-6-4-3-5-26(27)34/h3-12,14,16,24-25,30,40H,13,15,17-19,34H2,1-2H3,(H,35,39)(H,36,38)/b16-9+. The van der Waals surface area contributed by atoms with Gasteiger partial charge in [-0.3, -0.25) is 14.5 Å². The van der Waals surface area contributed by atoms with Gasteiger partial charge in [-0.2, -0.15) is 8.78 Å². The molecule has 1 heterocycles. The number of likely N-dealkylation sites (tertiary alicyclic amines) is 1. The Hall–Kier alpha value is -4.02. The normalized spacial score (nSPS) is 19.7. The number of hydrogen-bond acceptors (Lipinski definition) is 6. The van der Waals surface area contributed by atoms with Gasteiger partial charge in [-0.05, 0) is 61.8 Å². The Morgan fingerprint density at radius 1 is 1.10 bits per heavy atom. The summed E-state index contributed by atoms with van der Waals surface area (Å²) < 4.78 is 29.4. The summed E-state index contributed by atoms with van der Waals surface area (Å²) in [6.07, 6.45) is 6.86. The monoisotopic (exact) mass is 566 g/mol. The number of carbonyl (C=O) groups excluding carboxylic acids is 2. The van der Waals surface area contributed by atoms with E-state index >= 15 is 0 Å². The number of nitrogens with one attached hydrogen (secondary N) is 2. The maximum atomic E-state index is 13.4. The van der Waals surface area contributed by atoms with Crippen LogP contribution in [0, 0.1) is 5.92 Å². The van der Waals surface area contributed by atoms with Crippen molar-refractivity contribution in [1.29, 1.82) is 0 Å². The molecular formula is C31H36F2N4O4. The van der Waals surface area contributed by atoms with Crippen LogP contribution in [0.25, 0.3) is 6.08 Å². The third-order valence-corrected chi connectivity index (χ3v) is 6.99. The first-order chi connectivity index (χ1) is 19.5. The summed E-state index contributed by atoms with van der Waals surface area (Å²) in [5.74, 6) is -0.793. The van der Waals surface area contributed by atoms with Crippen molar-refractivity contribution in [3.63, 3.8) is 0 Å². The van der Waals surface area contributed by atoms with Crippen LogP contribution in [0.15, 0.2) is 78.2 Å². The predicted octanol–water partition coefficient (Wildman–Crippen LogP) is 4.62. The average molecular weight is 567 g/mol. The lowest BCUT2D eigenvalue weighted by Gasteiger charge is -2.25. The molecule has 2 aliphatic rings. The van der Waals surface area contributed by atoms with Crippen molar-refractivity contribution < 1.29 is 28.2 Å². The highest BCUT2D eigenvalue weighted by Crippen LogP contribution is 2.34. The van der Waals surface area contributed by atoms with Crippen LogP contribution in [-0.4, -0.2) is 53.7 Å². The minimum Gasteiger partial charge on any atom is -0.439 e. The third kappa shape index (κ3) is 8.73. The molecule has 0 saturated carbocycles. The molecule has 2 amide bonds. The Morgan fingerprint density at radius 3 is 2.46 bits per heavy atom. The smallest absolute Gasteiger partial charge is 0.387 e. The second-order valence-corrected chi connectivity index (χ2v) is 11.0. The van der Waals surface area contributed by atoms with E-state index in [0.717, 1.165) is 11.1 Å². The number of benzene rings is 2. The number of aliphatic hydroxyl groups is 1. The van der Waals surface area contributed by atoms with Crippen LogP contribution in [-0.2, 0) is 14.3 Å². The second kappa shape index (κ2) is 13.1. The first-order valence-electron chi connectivity index (χ1n) is 13.5. The summed E-state index contributed by atoms with van der Waals surface area (Å²) in [4.78, 5) is 27.8. The minimum absolute atomic E-state index is 0.128. The van der Waals surface area contributed by atoms with Gasteiger partial charge in [0.1, 0.15) is 5.76 Å². The number of rotatable bonds is 10. The number of hydrogen-bond donors (Lipinski definition) is 4. The van der Waals surface area contributed by atoms with Crippen molar-refractivity contribution in [3.8, 4) is 0 Å². The molecule has 2 aromatic carbocycles. The lowest BCUT2D eigenvalue weighted by Crippen LogP contribution is -2.39. The van der Waals surface area contributed by atoms with E-state index < -0.39 is 12.2 Å². The SMILES string of the molecule is CC(C)(O)CN1CC(C(=O)NC2=CC=C(OC(F)F)CC2)C(c2ccc(/C=C/C(=O)Nc3ccccc3N)cc2)C1. The van der Waals surface area contributed by atoms with E-state index in [1.807, 2.05) is 24.3 Å². The number of allylic oxidation sites excluding steroid dienone is 4. The summed E-state index contributed by atoms with van der Waals surface area (Å²) in [5, 5.41) is 16.1. The molecule has 1 fully saturated rings. The van der Waals surface area contributed by atoms with Crippen LogP contribution in [0.1, 0.15) is 43.7 Å². The molecule has 0 bridgehead atoms. The first kappa shape index (κ1) is 30.0. The summed E-state index contributed by atoms with van der Waals surface area (Å²) in [5.41, 5.74) is 8.41. The van der Waals surface area contributed by atoms with Gasteiger partial charge < -0.3 is 26.2 Å². The van der Waals surface area contributed by atoms with Crippen LogP contribution in [0.3, 0.4) is 0 Å². The number of ether oxygens (including phenoxy) is 1. The number of para-hydroxylation sites is 2. The zero-order valence-corrected chi connectivity index (χ0v) is 23.1. The highest BCUT2D eigenvalue weighted by atomic mass is 19.3. The molecule has 10 heteroatoms. The average Bonchev–Trinajstić information content (AvgIpc) is 3.32. The van der Waals surface area contributed by atoms with Crippen molar-refractivity contribution in [1.82, 2.24) is 10.2 Å². The molecule has 2 aromatic rings. The molecule has 8 nitrogen and oxygen atoms in total. The van der Waals surface area contributed by atoms with E-state index in [-0.39, 0.29) is 35.8 Å². The van der Waals surface area contributed by atoms with E-state index in [9.17, 15) is 23.5 Å². The van der Waals surface area contributed by atoms with Crippen molar-refractivity contribution in [2.45, 2.75) is 44.8 Å². The fraction of sp³-hybridized carbons (Fsp3) is 0.355. The van der Waals surface area contributed by atoms with Gasteiger partial charge in [0.2, 0.25) is 11.8 Å². The van der Waals surface area contributed by atoms with Gasteiger partial charge in [-0.25, -0.2) is 0 Å². The molecule has 218 valence electrons. The van der Waals surface area contributed by atoms with Gasteiger partial charge in [0.25, 0.3) is 0 Å². The molecule has 0 radical (unpaired) electrons. The largest absolute Gasteiger partial charge is 0.439 e. The van der Waals surface area contributed by atoms with E-state index in [1.54, 1.807) is 50.3 Å². The number of β-amino-alcohol motifs (C(OH)–C–C–N with tert-alkyl or cyclic N) is 1. The van der Waals surface area contributed by atoms with Crippen LogP contribution in [0.2, 0.25) is 0 Å². The molecular weight excluding hydrogens is 530 g/mol. The van der Waals surface area contributed by atoms with Gasteiger partial charge >= 0.3 is 6.61 Å². The van der Waals surface area contributed by atoms with Gasteiger partial charge in [0.05, 0.1) is 22.9 Å². The summed E-state index contributed by atoms with van der Waals surface area (Å²) in [6, 6.07) is 14.7. The summed E-state index contributed by atoms with van der Waals surface area (Å²) in [6.45, 7) is 2.06. The number of halogens is 2. The van der Waals surface area contributed by atoms with Crippen LogP contribution in [0.5, 0.6) is 0 Å². The molecule has 0 aromatic heterocycles. The predicted molar refractivity (Wildman–Crippen MR) is 155 cm³/mol. The van der Waals surface area contributed by atoms with Crippen LogP contribution >= 0.6 is 0 Å². The van der Waals surface area contributed by atoms with Gasteiger partial charge in [0, 0.05) is 43.7 Å². The van der Waals surface area contributed by atoms with Gasteiger partial charge in [0.15, 0.2) is 0 Å². The van der Waals surface area contributed by atoms with Crippen molar-refractivity contribution >= 4 is 29.3 Å². The highest BCUT2D eigenvalue weighted by molar-refractivity contribution is 6.03. The fourth-order valence-corrected chi connectivity index (χ4v) is 5.16. The Kier molecular flexibility index (Phi) is 9.57. The number of carbonyl (C=O) groups is 2. The molecule has 1 aliphatic heterocycles. The number of nitrogen functional groups attached to an aromatic ring is 1. The Balaban J connectivity index is 1.44. The lowest BCUT2D eigenvalue weighted by molar-refractivity contribution is -0.124. The Labute approximate surface area is 238 Å². The number of anilines is 2.